The summed E-state index contributed by atoms with van der Waals surface area (Å²) in [5, 5.41) is 13.7. The molecule has 0 saturated carbocycles. The zero-order valence-electron chi connectivity index (χ0n) is 17.8. The second kappa shape index (κ2) is 7.39. The minimum absolute atomic E-state index is 0.0664. The monoisotopic (exact) mass is 418 g/mol. The van der Waals surface area contributed by atoms with Gasteiger partial charge in [-0.25, -0.2) is 9.97 Å². The maximum Gasteiger partial charge on any atom is 0.220 e. The molecule has 0 spiro atoms. The predicted octanol–water partition coefficient (Wildman–Crippen LogP) is 3.35. The number of hydrogen-bond donors (Lipinski definition) is 3. The Morgan fingerprint density at radius 2 is 2.00 bits per heavy atom. The van der Waals surface area contributed by atoms with Gasteiger partial charge in [0.25, 0.3) is 0 Å². The lowest BCUT2D eigenvalue weighted by atomic mass is 10.1. The number of carbonyl (C=O) groups is 1. The van der Waals surface area contributed by atoms with Gasteiger partial charge >= 0.3 is 0 Å². The smallest absolute Gasteiger partial charge is 0.220 e. The molecule has 160 valence electrons. The van der Waals surface area contributed by atoms with E-state index in [0.717, 1.165) is 39.4 Å². The number of aromatic nitrogens is 4. The maximum absolute atomic E-state index is 12.3. The zero-order chi connectivity index (χ0) is 21.7. The van der Waals surface area contributed by atoms with Crippen LogP contribution >= 0.6 is 0 Å². The number of likely N-dealkylation sites (tertiary alicyclic amines) is 1. The average Bonchev–Trinajstić information content (AvgIpc) is 3.43. The number of aromatic amines is 1. The molecule has 4 aromatic rings. The van der Waals surface area contributed by atoms with Crippen molar-refractivity contribution in [2.75, 3.05) is 11.9 Å². The number of aliphatic hydroxyl groups is 1. The molecule has 1 amide bonds. The van der Waals surface area contributed by atoms with Gasteiger partial charge < -0.3 is 20.3 Å². The minimum Gasteiger partial charge on any atom is -0.391 e. The molecule has 5 rings (SSSR count). The van der Waals surface area contributed by atoms with Gasteiger partial charge in [-0.1, -0.05) is 12.1 Å². The fraction of sp³-hybridized carbons (Fsp3) is 0.348. The number of β-amino-alcohol motifs (C(OH)–C–C–N with tert-alkyl or cyclic N) is 1. The molecule has 31 heavy (non-hydrogen) atoms. The SMILES string of the molecule is CC(=O)N1C[C@H](O)C[C@@H]1c1nc(-c2ccc(NC(C)C)cc2)c2cnc3[nH]ccc3n12. The van der Waals surface area contributed by atoms with E-state index in [2.05, 4.69) is 33.5 Å². The number of rotatable bonds is 4. The minimum atomic E-state index is -0.561. The number of H-pyrrole nitrogens is 1. The second-order valence-electron chi connectivity index (χ2n) is 8.46. The van der Waals surface area contributed by atoms with Gasteiger partial charge in [0.1, 0.15) is 5.82 Å². The normalized spacial score (nSPS) is 19.1. The highest BCUT2D eigenvalue weighted by atomic mass is 16.3. The summed E-state index contributed by atoms with van der Waals surface area (Å²) in [6.45, 7) is 6.07. The van der Waals surface area contributed by atoms with Crippen molar-refractivity contribution >= 4 is 28.3 Å². The number of benzene rings is 1. The molecule has 0 aliphatic carbocycles. The van der Waals surface area contributed by atoms with Crippen molar-refractivity contribution < 1.29 is 9.90 Å². The van der Waals surface area contributed by atoms with Gasteiger partial charge in [0.2, 0.25) is 5.91 Å². The number of aliphatic hydroxyl groups excluding tert-OH is 1. The van der Waals surface area contributed by atoms with Gasteiger partial charge in [-0.15, -0.1) is 0 Å². The number of hydrogen-bond acceptors (Lipinski definition) is 5. The van der Waals surface area contributed by atoms with E-state index in [-0.39, 0.29) is 11.9 Å². The topological polar surface area (TPSA) is 98.6 Å². The average molecular weight is 419 g/mol. The number of fused-ring (bicyclic) bond motifs is 3. The Labute approximate surface area is 179 Å². The summed E-state index contributed by atoms with van der Waals surface area (Å²) in [6.07, 6.45) is 3.56. The third-order valence-electron chi connectivity index (χ3n) is 5.79. The summed E-state index contributed by atoms with van der Waals surface area (Å²) in [5.74, 6) is 0.677. The van der Waals surface area contributed by atoms with Crippen LogP contribution < -0.4 is 5.32 Å². The van der Waals surface area contributed by atoms with Crippen LogP contribution in [0.25, 0.3) is 27.9 Å². The molecule has 3 N–H and O–H groups in total. The molecule has 4 heterocycles. The summed E-state index contributed by atoms with van der Waals surface area (Å²) < 4.78 is 2.06. The first-order valence-electron chi connectivity index (χ1n) is 10.6. The Hall–Kier alpha value is -3.39. The first-order chi connectivity index (χ1) is 14.9. The Balaban J connectivity index is 1.69. The molecular formula is C23H26N6O2. The highest BCUT2D eigenvalue weighted by Gasteiger charge is 2.37. The fourth-order valence-electron chi connectivity index (χ4n) is 4.49. The lowest BCUT2D eigenvalue weighted by Gasteiger charge is -2.22. The standard InChI is InChI=1S/C23H26N6O2/c1-13(2)26-16-6-4-15(5-7-16)21-20-11-25-22-18(8-9-24-22)29(20)23(27-21)19-10-17(31)12-28(19)14(3)30/h4-9,11,13,17,19,24,26,31H,10,12H2,1-3H3/t17-,19-/m1/s1. The van der Waals surface area contributed by atoms with Crippen LogP contribution in [0, 0.1) is 0 Å². The molecular weight excluding hydrogens is 392 g/mol. The summed E-state index contributed by atoms with van der Waals surface area (Å²) in [5.41, 5.74) is 5.36. The molecule has 0 unspecified atom stereocenters. The van der Waals surface area contributed by atoms with Crippen LogP contribution in [0.3, 0.4) is 0 Å². The second-order valence-corrected chi connectivity index (χ2v) is 8.46. The molecule has 0 radical (unpaired) electrons. The van der Waals surface area contributed by atoms with E-state index in [0.29, 0.717) is 19.0 Å². The molecule has 8 nitrogen and oxygen atoms in total. The van der Waals surface area contributed by atoms with Crippen molar-refractivity contribution in [1.29, 1.82) is 0 Å². The highest BCUT2D eigenvalue weighted by Crippen LogP contribution is 2.36. The summed E-state index contributed by atoms with van der Waals surface area (Å²) in [7, 11) is 0. The maximum atomic E-state index is 12.3. The summed E-state index contributed by atoms with van der Waals surface area (Å²) >= 11 is 0. The first-order valence-corrected chi connectivity index (χ1v) is 10.6. The van der Waals surface area contributed by atoms with Crippen LogP contribution in [0.15, 0.2) is 42.7 Å². The van der Waals surface area contributed by atoms with Crippen molar-refractivity contribution in [3.05, 3.63) is 48.5 Å². The van der Waals surface area contributed by atoms with E-state index in [1.165, 1.54) is 6.92 Å². The van der Waals surface area contributed by atoms with Crippen molar-refractivity contribution in [2.24, 2.45) is 0 Å². The molecule has 1 fully saturated rings. The van der Waals surface area contributed by atoms with E-state index in [1.807, 2.05) is 42.7 Å². The predicted molar refractivity (Wildman–Crippen MR) is 120 cm³/mol. The summed E-state index contributed by atoms with van der Waals surface area (Å²) in [6, 6.07) is 10.2. The van der Waals surface area contributed by atoms with E-state index in [4.69, 9.17) is 4.98 Å². The van der Waals surface area contributed by atoms with Gasteiger partial charge in [-0.3, -0.25) is 9.20 Å². The lowest BCUT2D eigenvalue weighted by Crippen LogP contribution is -2.30. The van der Waals surface area contributed by atoms with Gasteiger partial charge in [0.15, 0.2) is 5.65 Å². The highest BCUT2D eigenvalue weighted by molar-refractivity contribution is 5.85. The zero-order valence-corrected chi connectivity index (χ0v) is 17.8. The molecule has 1 saturated heterocycles. The van der Waals surface area contributed by atoms with Crippen LogP contribution in [0.2, 0.25) is 0 Å². The number of imidazole rings is 1. The first kappa shape index (κ1) is 19.6. The number of carbonyl (C=O) groups excluding carboxylic acids is 1. The van der Waals surface area contributed by atoms with E-state index < -0.39 is 6.10 Å². The molecule has 0 bridgehead atoms. The summed E-state index contributed by atoms with van der Waals surface area (Å²) in [4.78, 5) is 26.7. The van der Waals surface area contributed by atoms with Crippen LogP contribution in [0.5, 0.6) is 0 Å². The Bertz CT molecular complexity index is 1260. The van der Waals surface area contributed by atoms with Gasteiger partial charge in [-0.05, 0) is 32.0 Å². The Morgan fingerprint density at radius 1 is 1.23 bits per heavy atom. The lowest BCUT2D eigenvalue weighted by molar-refractivity contribution is -0.130. The van der Waals surface area contributed by atoms with Crippen LogP contribution in [0.1, 0.15) is 39.1 Å². The third-order valence-corrected chi connectivity index (χ3v) is 5.79. The molecule has 1 aliphatic heterocycles. The number of amides is 1. The van der Waals surface area contributed by atoms with E-state index >= 15 is 0 Å². The van der Waals surface area contributed by atoms with Gasteiger partial charge in [0.05, 0.1) is 35.1 Å². The van der Waals surface area contributed by atoms with E-state index in [1.54, 1.807) is 4.90 Å². The fourth-order valence-corrected chi connectivity index (χ4v) is 4.49. The molecule has 1 aromatic carbocycles. The molecule has 8 heteroatoms. The van der Waals surface area contributed by atoms with Crippen LogP contribution in [-0.2, 0) is 4.79 Å². The number of anilines is 1. The molecule has 3 aromatic heterocycles. The van der Waals surface area contributed by atoms with Crippen molar-refractivity contribution in [3.8, 4) is 11.3 Å². The van der Waals surface area contributed by atoms with Crippen molar-refractivity contribution in [3.63, 3.8) is 0 Å². The van der Waals surface area contributed by atoms with E-state index in [9.17, 15) is 9.90 Å². The molecule has 1 aliphatic rings. The van der Waals surface area contributed by atoms with Crippen LogP contribution in [0.4, 0.5) is 5.69 Å². The largest absolute Gasteiger partial charge is 0.391 e. The van der Waals surface area contributed by atoms with Crippen molar-refractivity contribution in [1.82, 2.24) is 24.3 Å². The van der Waals surface area contributed by atoms with Gasteiger partial charge in [-0.2, -0.15) is 0 Å². The quantitative estimate of drug-likeness (QED) is 0.472. The molecule has 2 atom stereocenters. The number of nitrogens with one attached hydrogen (secondary N) is 2. The third kappa shape index (κ3) is 3.33. The number of nitrogens with zero attached hydrogens (tertiary/aromatic N) is 4. The van der Waals surface area contributed by atoms with Gasteiger partial charge in [0, 0.05) is 43.4 Å². The Morgan fingerprint density at radius 3 is 2.71 bits per heavy atom. The van der Waals surface area contributed by atoms with Crippen LogP contribution in [-0.4, -0.2) is 54.0 Å². The Kier molecular flexibility index (Phi) is 4.66. The van der Waals surface area contributed by atoms with Crippen molar-refractivity contribution in [2.45, 2.75) is 45.4 Å².